The van der Waals surface area contributed by atoms with Gasteiger partial charge in [-0.1, -0.05) is 45.8 Å². The van der Waals surface area contributed by atoms with Gasteiger partial charge < -0.3 is 18.9 Å². The van der Waals surface area contributed by atoms with E-state index in [4.69, 9.17) is 37.2 Å². The zero-order valence-electron chi connectivity index (χ0n) is 22.4. The van der Waals surface area contributed by atoms with Crippen LogP contribution in [0.3, 0.4) is 0 Å². The number of esters is 1. The van der Waals surface area contributed by atoms with Crippen molar-refractivity contribution in [3.05, 3.63) is 63.1 Å². The molecule has 1 unspecified atom stereocenters. The Balaban J connectivity index is 1.04. The summed E-state index contributed by atoms with van der Waals surface area (Å²) in [5.74, 6) is 1.62. The monoisotopic (exact) mass is 615 g/mol. The lowest BCUT2D eigenvalue weighted by Crippen LogP contribution is -2.24. The van der Waals surface area contributed by atoms with Gasteiger partial charge in [-0.15, -0.1) is 0 Å². The number of methoxy groups -OCH3 is 1. The third-order valence-electron chi connectivity index (χ3n) is 8.68. The van der Waals surface area contributed by atoms with E-state index >= 15 is 0 Å². The molecule has 41 heavy (non-hydrogen) atoms. The molecular formula is C30H28Cl2FN3O4S. The molecule has 0 N–H and O–H groups in total. The highest BCUT2D eigenvalue weighted by Crippen LogP contribution is 2.47. The summed E-state index contributed by atoms with van der Waals surface area (Å²) in [5, 5.41) is 6.23. The number of carbonyl (C=O) groups is 1. The van der Waals surface area contributed by atoms with Crippen molar-refractivity contribution in [1.29, 1.82) is 0 Å². The largest absolute Gasteiger partial charge is 0.465 e. The number of thiazole rings is 1. The lowest BCUT2D eigenvalue weighted by Gasteiger charge is -2.20. The third kappa shape index (κ3) is 5.01. The minimum Gasteiger partial charge on any atom is -0.465 e. The van der Waals surface area contributed by atoms with Crippen molar-refractivity contribution >= 4 is 55.9 Å². The number of ether oxygens (including phenoxy) is 2. The van der Waals surface area contributed by atoms with Gasteiger partial charge in [-0.25, -0.2) is 14.2 Å². The van der Waals surface area contributed by atoms with Crippen molar-refractivity contribution in [3.8, 4) is 11.3 Å². The van der Waals surface area contributed by atoms with E-state index in [1.165, 1.54) is 24.5 Å². The van der Waals surface area contributed by atoms with E-state index in [0.717, 1.165) is 55.2 Å². The SMILES string of the molecule is COC(=O)c1cc(F)c2nc(N3CC4[C@H](CC[C@H]4COCc4c(-c5c(Cl)cccc5Cl)noc4C4CC4)C3)sc2c1. The van der Waals surface area contributed by atoms with Gasteiger partial charge in [-0.3, -0.25) is 0 Å². The number of aromatic nitrogens is 2. The van der Waals surface area contributed by atoms with E-state index in [2.05, 4.69) is 15.0 Å². The van der Waals surface area contributed by atoms with Crippen molar-refractivity contribution in [2.24, 2.45) is 17.8 Å². The maximum Gasteiger partial charge on any atom is 0.338 e. The summed E-state index contributed by atoms with van der Waals surface area (Å²) < 4.78 is 32.3. The third-order valence-corrected chi connectivity index (χ3v) is 10.4. The molecule has 0 bridgehead atoms. The molecule has 3 heterocycles. The van der Waals surface area contributed by atoms with Crippen LogP contribution in [-0.4, -0.2) is 42.9 Å². The number of rotatable bonds is 8. The number of nitrogens with zero attached hydrogens (tertiary/aromatic N) is 3. The molecule has 3 fully saturated rings. The number of carbonyl (C=O) groups excluding carboxylic acids is 1. The van der Waals surface area contributed by atoms with E-state index in [9.17, 15) is 9.18 Å². The molecule has 2 aromatic heterocycles. The predicted molar refractivity (Wildman–Crippen MR) is 156 cm³/mol. The van der Waals surface area contributed by atoms with E-state index in [1.54, 1.807) is 18.2 Å². The normalized spacial score (nSPS) is 22.0. The van der Waals surface area contributed by atoms with Crippen LogP contribution in [0.15, 0.2) is 34.9 Å². The van der Waals surface area contributed by atoms with Crippen LogP contribution in [0.5, 0.6) is 0 Å². The molecule has 2 saturated carbocycles. The molecule has 4 aromatic rings. The topological polar surface area (TPSA) is 77.7 Å². The van der Waals surface area contributed by atoms with Gasteiger partial charge in [-0.05, 0) is 67.7 Å². The van der Waals surface area contributed by atoms with Gasteiger partial charge in [0.25, 0.3) is 0 Å². The maximum atomic E-state index is 14.7. The fourth-order valence-electron chi connectivity index (χ4n) is 6.45. The average Bonchev–Trinajstić information content (AvgIpc) is 3.27. The molecule has 7 rings (SSSR count). The summed E-state index contributed by atoms with van der Waals surface area (Å²) in [5.41, 5.74) is 2.78. The average molecular weight is 617 g/mol. The first kappa shape index (κ1) is 27.1. The molecule has 3 atom stereocenters. The smallest absolute Gasteiger partial charge is 0.338 e. The predicted octanol–water partition coefficient (Wildman–Crippen LogP) is 7.74. The molecule has 214 valence electrons. The highest BCUT2D eigenvalue weighted by molar-refractivity contribution is 7.22. The van der Waals surface area contributed by atoms with Crippen molar-refractivity contribution in [1.82, 2.24) is 10.1 Å². The number of hydrogen-bond donors (Lipinski definition) is 0. The number of halogens is 3. The molecule has 0 spiro atoms. The Morgan fingerprint density at radius 1 is 1.17 bits per heavy atom. The first-order valence-electron chi connectivity index (χ1n) is 13.8. The van der Waals surface area contributed by atoms with Crippen molar-refractivity contribution in [2.75, 3.05) is 31.7 Å². The molecule has 2 aromatic carbocycles. The molecule has 7 nitrogen and oxygen atoms in total. The Morgan fingerprint density at radius 2 is 1.98 bits per heavy atom. The molecule has 2 aliphatic carbocycles. The molecule has 11 heteroatoms. The molecule has 3 aliphatic rings. The van der Waals surface area contributed by atoms with Crippen LogP contribution in [0.2, 0.25) is 10.0 Å². The maximum absolute atomic E-state index is 14.7. The van der Waals surface area contributed by atoms with Crippen molar-refractivity contribution in [3.63, 3.8) is 0 Å². The Kier molecular flexibility index (Phi) is 7.17. The van der Waals surface area contributed by atoms with Gasteiger partial charge in [0.15, 0.2) is 10.9 Å². The lowest BCUT2D eigenvalue weighted by atomic mass is 9.93. The minimum absolute atomic E-state index is 0.195. The summed E-state index contributed by atoms with van der Waals surface area (Å²) in [6.45, 7) is 2.77. The second kappa shape index (κ2) is 10.8. The summed E-state index contributed by atoms with van der Waals surface area (Å²) in [7, 11) is 1.29. The van der Waals surface area contributed by atoms with E-state index in [0.29, 0.717) is 68.4 Å². The van der Waals surface area contributed by atoms with E-state index in [-0.39, 0.29) is 5.56 Å². The van der Waals surface area contributed by atoms with Gasteiger partial charge in [0.1, 0.15) is 17.0 Å². The highest BCUT2D eigenvalue weighted by atomic mass is 35.5. The summed E-state index contributed by atoms with van der Waals surface area (Å²) >= 11 is 14.4. The lowest BCUT2D eigenvalue weighted by molar-refractivity contribution is 0.0600. The van der Waals surface area contributed by atoms with E-state index < -0.39 is 11.8 Å². The first-order chi connectivity index (χ1) is 19.9. The van der Waals surface area contributed by atoms with Gasteiger partial charge >= 0.3 is 5.97 Å². The van der Waals surface area contributed by atoms with Crippen LogP contribution >= 0.6 is 34.5 Å². The molecule has 0 amide bonds. The van der Waals surface area contributed by atoms with Crippen LogP contribution in [0, 0.1) is 23.6 Å². The zero-order valence-corrected chi connectivity index (χ0v) is 24.7. The number of benzene rings is 2. The minimum atomic E-state index is -0.558. The van der Waals surface area contributed by atoms with Gasteiger partial charge in [0.2, 0.25) is 0 Å². The van der Waals surface area contributed by atoms with Gasteiger partial charge in [0.05, 0.1) is 40.6 Å². The Hall–Kier alpha value is -2.72. The quantitative estimate of drug-likeness (QED) is 0.188. The van der Waals surface area contributed by atoms with Crippen LogP contribution in [-0.2, 0) is 16.1 Å². The van der Waals surface area contributed by atoms with Crippen LogP contribution in [0.4, 0.5) is 9.52 Å². The summed E-state index contributed by atoms with van der Waals surface area (Å²) in [6, 6.07) is 8.28. The number of anilines is 1. The van der Waals surface area contributed by atoms with Crippen molar-refractivity contribution < 1.29 is 23.2 Å². The Bertz CT molecular complexity index is 1620. The number of fused-ring (bicyclic) bond motifs is 2. The van der Waals surface area contributed by atoms with Gasteiger partial charge in [-0.2, -0.15) is 0 Å². The molecular weight excluding hydrogens is 588 g/mol. The molecule has 1 saturated heterocycles. The van der Waals surface area contributed by atoms with Crippen LogP contribution in [0.1, 0.15) is 53.3 Å². The highest BCUT2D eigenvalue weighted by Gasteiger charge is 2.43. The van der Waals surface area contributed by atoms with Crippen molar-refractivity contribution in [2.45, 2.75) is 38.2 Å². The number of hydrogen-bond acceptors (Lipinski definition) is 8. The Labute approximate surface area is 250 Å². The standard InChI is InChI=1S/C30H28Cl2FN3O4S/c1-38-29(37)18-9-23(33)27-24(10-18)41-30(34-27)36-11-16-7-8-17(19(16)12-36)13-39-14-20-26(35-40-28(20)15-5-6-15)25-21(31)3-2-4-22(25)32/h2-4,9-10,15-17,19H,5-8,11-14H2,1H3/t16-,17+,19?/m1/s1. The molecule has 1 aliphatic heterocycles. The fourth-order valence-corrected chi connectivity index (χ4v) is 8.06. The van der Waals surface area contributed by atoms with Crippen LogP contribution < -0.4 is 4.90 Å². The van der Waals surface area contributed by atoms with Gasteiger partial charge in [0, 0.05) is 30.1 Å². The first-order valence-corrected chi connectivity index (χ1v) is 15.4. The summed E-state index contributed by atoms with van der Waals surface area (Å²) in [4.78, 5) is 18.8. The Morgan fingerprint density at radius 3 is 2.73 bits per heavy atom. The zero-order chi connectivity index (χ0) is 28.2. The van der Waals surface area contributed by atoms with E-state index in [1.807, 2.05) is 6.07 Å². The van der Waals surface area contributed by atoms with Crippen LogP contribution in [0.25, 0.3) is 21.5 Å². The fraction of sp³-hybridized carbons (Fsp3) is 0.433. The summed E-state index contributed by atoms with van der Waals surface area (Å²) in [6.07, 6.45) is 4.41. The second-order valence-electron chi connectivity index (χ2n) is 11.2. The second-order valence-corrected chi connectivity index (χ2v) is 13.0. The molecule has 0 radical (unpaired) electrons.